The zero-order valence-corrected chi connectivity index (χ0v) is 24.1. The highest BCUT2D eigenvalue weighted by atomic mass is 19.1. The minimum atomic E-state index is -0.719. The number of likely N-dealkylation sites (tertiary alicyclic amines) is 2. The first kappa shape index (κ1) is 29.2. The molecule has 2 N–H and O–H groups in total. The molecule has 1 aliphatic carbocycles. The Hall–Kier alpha value is -3.91. The van der Waals surface area contributed by atoms with Crippen molar-refractivity contribution in [1.82, 2.24) is 14.7 Å². The van der Waals surface area contributed by atoms with Gasteiger partial charge in [0.05, 0.1) is 31.3 Å². The monoisotopic (exact) mass is 593 g/mol. The van der Waals surface area contributed by atoms with Crippen LogP contribution < -0.4 is 10.5 Å². The summed E-state index contributed by atoms with van der Waals surface area (Å²) in [5, 5.41) is 8.92. The van der Waals surface area contributed by atoms with Crippen molar-refractivity contribution >= 4 is 17.7 Å². The van der Waals surface area contributed by atoms with Gasteiger partial charge in [0.25, 0.3) is 0 Å². The Balaban J connectivity index is 0.927. The van der Waals surface area contributed by atoms with Crippen LogP contribution in [0.1, 0.15) is 49.7 Å². The Kier molecular flexibility index (Phi) is 8.14. The molecule has 4 aliphatic rings. The maximum Gasteiger partial charge on any atom is 0.410 e. The number of halogens is 2. The van der Waals surface area contributed by atoms with Crippen LogP contribution in [0.5, 0.6) is 5.75 Å². The van der Waals surface area contributed by atoms with E-state index in [0.29, 0.717) is 63.7 Å². The van der Waals surface area contributed by atoms with Crippen LogP contribution in [0.25, 0.3) is 0 Å². The normalized spacial score (nSPS) is 24.0. The average Bonchev–Trinajstić information content (AvgIpc) is 3.27. The second kappa shape index (κ2) is 12.0. The molecule has 2 amide bonds. The van der Waals surface area contributed by atoms with Crippen molar-refractivity contribution in [2.75, 3.05) is 45.0 Å². The first-order valence-corrected chi connectivity index (χ1v) is 15.1. The fourth-order valence-electron chi connectivity index (χ4n) is 6.89. The van der Waals surface area contributed by atoms with E-state index in [4.69, 9.17) is 20.5 Å². The SMILES string of the molecule is N#Cc1cc(F)c(CN2CCC3(CC2)CN(CC2CCC(C(=O)N4CC(Oc5cccc(N)c5)C4)CC2)C(=O)O3)c(F)c1. The number of nitrogens with two attached hydrogens (primary N) is 1. The van der Waals surface area contributed by atoms with Gasteiger partial charge < -0.3 is 25.0 Å². The van der Waals surface area contributed by atoms with Crippen molar-refractivity contribution in [3.05, 3.63) is 59.2 Å². The van der Waals surface area contributed by atoms with Gasteiger partial charge in [-0.05, 0) is 55.9 Å². The van der Waals surface area contributed by atoms with Crippen molar-refractivity contribution < 1.29 is 27.8 Å². The van der Waals surface area contributed by atoms with Crippen LogP contribution in [0.3, 0.4) is 0 Å². The van der Waals surface area contributed by atoms with Crippen molar-refractivity contribution in [3.8, 4) is 11.8 Å². The number of hydrogen-bond donors (Lipinski definition) is 1. The maximum atomic E-state index is 14.4. The number of nitriles is 1. The molecule has 3 saturated heterocycles. The topological polar surface area (TPSA) is 112 Å². The Morgan fingerprint density at radius 2 is 1.79 bits per heavy atom. The van der Waals surface area contributed by atoms with Gasteiger partial charge in [0.1, 0.15) is 29.1 Å². The van der Waals surface area contributed by atoms with E-state index in [-0.39, 0.29) is 41.7 Å². The van der Waals surface area contributed by atoms with Crippen LogP contribution >= 0.6 is 0 Å². The van der Waals surface area contributed by atoms with E-state index in [1.807, 2.05) is 28.0 Å². The molecule has 9 nitrogen and oxygen atoms in total. The molecule has 2 aromatic carbocycles. The van der Waals surface area contributed by atoms with Crippen molar-refractivity contribution in [3.63, 3.8) is 0 Å². The molecule has 3 aliphatic heterocycles. The molecule has 3 heterocycles. The highest BCUT2D eigenvalue weighted by molar-refractivity contribution is 5.80. The molecular weight excluding hydrogens is 556 g/mol. The Bertz CT molecular complexity index is 1390. The molecular formula is C32H37F2N5O4. The third-order valence-electron chi connectivity index (χ3n) is 9.46. The van der Waals surface area contributed by atoms with Gasteiger partial charge in [0.15, 0.2) is 0 Å². The minimum Gasteiger partial charge on any atom is -0.487 e. The zero-order valence-electron chi connectivity index (χ0n) is 24.1. The summed E-state index contributed by atoms with van der Waals surface area (Å²) in [6, 6.07) is 11.2. The molecule has 43 heavy (non-hydrogen) atoms. The lowest BCUT2D eigenvalue weighted by Crippen LogP contribution is -2.57. The average molecular weight is 594 g/mol. The lowest BCUT2D eigenvalue weighted by molar-refractivity contribution is -0.145. The van der Waals surface area contributed by atoms with Crippen LogP contribution in [-0.2, 0) is 16.1 Å². The highest BCUT2D eigenvalue weighted by Crippen LogP contribution is 2.37. The van der Waals surface area contributed by atoms with Crippen LogP contribution in [0, 0.1) is 34.8 Å². The van der Waals surface area contributed by atoms with Gasteiger partial charge in [0, 0.05) is 62.3 Å². The number of nitrogen functional groups attached to an aromatic ring is 1. The summed E-state index contributed by atoms with van der Waals surface area (Å²) in [5.41, 5.74) is 5.80. The summed E-state index contributed by atoms with van der Waals surface area (Å²) < 4.78 is 40.6. The van der Waals surface area contributed by atoms with E-state index < -0.39 is 17.2 Å². The molecule has 11 heteroatoms. The Morgan fingerprint density at radius 3 is 2.44 bits per heavy atom. The summed E-state index contributed by atoms with van der Waals surface area (Å²) in [6.07, 6.45) is 4.27. The van der Waals surface area contributed by atoms with Gasteiger partial charge in [-0.3, -0.25) is 9.69 Å². The minimum absolute atomic E-state index is 0.0107. The largest absolute Gasteiger partial charge is 0.487 e. The summed E-state index contributed by atoms with van der Waals surface area (Å²) in [6.45, 7) is 3.51. The second-order valence-electron chi connectivity index (χ2n) is 12.5. The molecule has 1 spiro atoms. The van der Waals surface area contributed by atoms with E-state index in [1.54, 1.807) is 17.0 Å². The van der Waals surface area contributed by atoms with Crippen LogP contribution in [0.15, 0.2) is 36.4 Å². The van der Waals surface area contributed by atoms with Gasteiger partial charge >= 0.3 is 6.09 Å². The number of piperidine rings is 1. The first-order chi connectivity index (χ1) is 20.7. The quantitative estimate of drug-likeness (QED) is 0.477. The molecule has 228 valence electrons. The maximum absolute atomic E-state index is 14.4. The summed E-state index contributed by atoms with van der Waals surface area (Å²) in [5.74, 6) is -0.188. The zero-order chi connectivity index (χ0) is 30.1. The number of benzene rings is 2. The standard InChI is InChI=1S/C32H37F2N5O4/c33-28-12-22(15-35)13-29(34)27(28)19-37-10-8-32(9-11-37)20-39(31(41)43-32)16-21-4-6-23(7-5-21)30(40)38-17-26(18-38)42-25-3-1-2-24(36)14-25/h1-3,12-14,21,23,26H,4-11,16-20,36H2. The van der Waals surface area contributed by atoms with Crippen molar-refractivity contribution in [2.45, 2.75) is 56.8 Å². The number of hydrogen-bond acceptors (Lipinski definition) is 7. The third-order valence-corrected chi connectivity index (χ3v) is 9.46. The number of nitrogens with zero attached hydrogens (tertiary/aromatic N) is 4. The summed E-state index contributed by atoms with van der Waals surface area (Å²) in [7, 11) is 0. The van der Waals surface area contributed by atoms with Gasteiger partial charge in [-0.15, -0.1) is 0 Å². The van der Waals surface area contributed by atoms with Crippen molar-refractivity contribution in [2.24, 2.45) is 11.8 Å². The van der Waals surface area contributed by atoms with Gasteiger partial charge in [-0.2, -0.15) is 5.26 Å². The predicted molar refractivity (Wildman–Crippen MR) is 154 cm³/mol. The summed E-state index contributed by atoms with van der Waals surface area (Å²) in [4.78, 5) is 31.5. The fourth-order valence-corrected chi connectivity index (χ4v) is 6.89. The van der Waals surface area contributed by atoms with Gasteiger partial charge in [-0.25, -0.2) is 13.6 Å². The smallest absolute Gasteiger partial charge is 0.410 e. The number of anilines is 1. The fraction of sp³-hybridized carbons (Fsp3) is 0.531. The molecule has 0 radical (unpaired) electrons. The molecule has 4 fully saturated rings. The Morgan fingerprint density at radius 1 is 1.09 bits per heavy atom. The van der Waals surface area contributed by atoms with Crippen molar-refractivity contribution in [1.29, 1.82) is 5.26 Å². The van der Waals surface area contributed by atoms with E-state index >= 15 is 0 Å². The van der Waals surface area contributed by atoms with E-state index in [1.165, 1.54) is 0 Å². The highest BCUT2D eigenvalue weighted by Gasteiger charge is 2.47. The molecule has 1 saturated carbocycles. The predicted octanol–water partition coefficient (Wildman–Crippen LogP) is 4.30. The first-order valence-electron chi connectivity index (χ1n) is 15.1. The number of amides is 2. The van der Waals surface area contributed by atoms with E-state index in [9.17, 15) is 18.4 Å². The summed E-state index contributed by atoms with van der Waals surface area (Å²) >= 11 is 0. The van der Waals surface area contributed by atoms with Crippen LogP contribution in [-0.4, -0.2) is 77.7 Å². The molecule has 0 bridgehead atoms. The molecule has 0 atom stereocenters. The molecule has 2 aromatic rings. The molecule has 0 aromatic heterocycles. The van der Waals surface area contributed by atoms with Crippen LogP contribution in [0.4, 0.5) is 19.3 Å². The molecule has 0 unspecified atom stereocenters. The number of ether oxygens (including phenoxy) is 2. The van der Waals surface area contributed by atoms with Gasteiger partial charge in [0.2, 0.25) is 5.91 Å². The number of rotatable bonds is 7. The second-order valence-corrected chi connectivity index (χ2v) is 12.5. The van der Waals surface area contributed by atoms with E-state index in [2.05, 4.69) is 0 Å². The number of carbonyl (C=O) groups excluding carboxylic acids is 2. The Labute approximate surface area is 250 Å². The lowest BCUT2D eigenvalue weighted by atomic mass is 9.80. The lowest BCUT2D eigenvalue weighted by Gasteiger charge is -2.42. The van der Waals surface area contributed by atoms with Crippen LogP contribution in [0.2, 0.25) is 0 Å². The number of carbonyl (C=O) groups is 2. The third kappa shape index (κ3) is 6.39. The van der Waals surface area contributed by atoms with E-state index in [0.717, 1.165) is 43.6 Å². The van der Waals surface area contributed by atoms with Gasteiger partial charge in [-0.1, -0.05) is 6.07 Å². The molecule has 6 rings (SSSR count).